The summed E-state index contributed by atoms with van der Waals surface area (Å²) in [5.74, 6) is -0.355. The highest BCUT2D eigenvalue weighted by Crippen LogP contribution is 2.22. The summed E-state index contributed by atoms with van der Waals surface area (Å²) >= 11 is 0. The van der Waals surface area contributed by atoms with Crippen LogP contribution in [0.2, 0.25) is 0 Å². The first kappa shape index (κ1) is 14.1. The van der Waals surface area contributed by atoms with Crippen LogP contribution < -0.4 is 5.32 Å². The lowest BCUT2D eigenvalue weighted by Gasteiger charge is -2.24. The number of rotatable bonds is 5. The van der Waals surface area contributed by atoms with Gasteiger partial charge in [-0.3, -0.25) is 0 Å². The fraction of sp³-hybridized carbons (Fsp3) is 0.500. The Balaban J connectivity index is 3.09. The molecule has 0 saturated carbocycles. The Morgan fingerprint density at radius 2 is 2.06 bits per heavy atom. The maximum absolute atomic E-state index is 13.2. The highest BCUT2D eigenvalue weighted by Gasteiger charge is 2.26. The summed E-state index contributed by atoms with van der Waals surface area (Å²) < 4.78 is 36.3. The fourth-order valence-corrected chi connectivity index (χ4v) is 2.47. The predicted molar refractivity (Wildman–Crippen MR) is 67.1 cm³/mol. The van der Waals surface area contributed by atoms with Crippen molar-refractivity contribution in [3.63, 3.8) is 0 Å². The first-order chi connectivity index (χ1) is 7.86. The lowest BCUT2D eigenvalue weighted by Crippen LogP contribution is -2.35. The number of halogens is 1. The van der Waals surface area contributed by atoms with Crippen molar-refractivity contribution in [1.29, 1.82) is 0 Å². The Bertz CT molecular complexity index is 473. The Hall–Kier alpha value is -0.940. The molecule has 1 N–H and O–H groups in total. The van der Waals surface area contributed by atoms with Gasteiger partial charge in [0.2, 0.25) is 0 Å². The Morgan fingerprint density at radius 3 is 2.53 bits per heavy atom. The summed E-state index contributed by atoms with van der Waals surface area (Å²) in [6.07, 6.45) is 1.20. The molecular weight excluding hydrogens is 241 g/mol. The largest absolute Gasteiger partial charge is 0.309 e. The molecule has 0 aliphatic rings. The Kier molecular flexibility index (Phi) is 4.65. The van der Waals surface area contributed by atoms with Gasteiger partial charge in [-0.15, -0.1) is 0 Å². The van der Waals surface area contributed by atoms with E-state index in [1.54, 1.807) is 19.1 Å². The van der Waals surface area contributed by atoms with E-state index in [-0.39, 0.29) is 11.9 Å². The van der Waals surface area contributed by atoms with E-state index < -0.39 is 15.1 Å². The molecule has 0 aliphatic carbocycles. The molecule has 0 aromatic heterocycles. The maximum atomic E-state index is 13.2. The lowest BCUT2D eigenvalue weighted by atomic mass is 10.0. The second kappa shape index (κ2) is 5.60. The van der Waals surface area contributed by atoms with Gasteiger partial charge in [-0.1, -0.05) is 19.1 Å². The zero-order valence-corrected chi connectivity index (χ0v) is 11.1. The summed E-state index contributed by atoms with van der Waals surface area (Å²) in [7, 11) is -3.17. The molecule has 0 radical (unpaired) electrons. The highest BCUT2D eigenvalue weighted by atomic mass is 32.2. The van der Waals surface area contributed by atoms with Crippen molar-refractivity contribution in [2.75, 3.05) is 12.8 Å². The summed E-state index contributed by atoms with van der Waals surface area (Å²) in [6, 6.07) is 5.65. The van der Waals surface area contributed by atoms with Crippen LogP contribution in [0.4, 0.5) is 4.39 Å². The monoisotopic (exact) mass is 259 g/mol. The molecule has 96 valence electrons. The average molecular weight is 259 g/mol. The van der Waals surface area contributed by atoms with Crippen molar-refractivity contribution in [1.82, 2.24) is 5.32 Å². The zero-order valence-electron chi connectivity index (χ0n) is 10.3. The van der Waals surface area contributed by atoms with E-state index in [9.17, 15) is 12.8 Å². The third kappa shape index (κ3) is 3.78. The minimum Gasteiger partial charge on any atom is -0.309 e. The fourth-order valence-electron chi connectivity index (χ4n) is 1.72. The molecule has 3 nitrogen and oxygen atoms in total. The van der Waals surface area contributed by atoms with E-state index in [4.69, 9.17) is 0 Å². The van der Waals surface area contributed by atoms with Gasteiger partial charge in [-0.25, -0.2) is 12.8 Å². The van der Waals surface area contributed by atoms with Gasteiger partial charge >= 0.3 is 0 Å². The van der Waals surface area contributed by atoms with Gasteiger partial charge in [-0.2, -0.15) is 0 Å². The third-order valence-corrected chi connectivity index (χ3v) is 4.40. The molecule has 0 spiro atoms. The maximum Gasteiger partial charge on any atom is 0.151 e. The van der Waals surface area contributed by atoms with Gasteiger partial charge in [0.15, 0.2) is 9.84 Å². The smallest absolute Gasteiger partial charge is 0.151 e. The highest BCUT2D eigenvalue weighted by molar-refractivity contribution is 7.91. The van der Waals surface area contributed by atoms with Crippen molar-refractivity contribution in [3.8, 4) is 0 Å². The zero-order chi connectivity index (χ0) is 13.1. The van der Waals surface area contributed by atoms with E-state index in [2.05, 4.69) is 5.32 Å². The number of benzene rings is 1. The SMILES string of the molecule is CCNC(c1cccc(F)c1)C(C)S(C)(=O)=O. The molecule has 17 heavy (non-hydrogen) atoms. The second-order valence-corrected chi connectivity index (χ2v) is 6.53. The second-order valence-electron chi connectivity index (χ2n) is 4.12. The van der Waals surface area contributed by atoms with Crippen LogP contribution >= 0.6 is 0 Å². The van der Waals surface area contributed by atoms with Crippen LogP contribution in [0.25, 0.3) is 0 Å². The summed E-state index contributed by atoms with van der Waals surface area (Å²) in [5, 5.41) is 2.49. The molecule has 1 rings (SSSR count). The number of hydrogen-bond donors (Lipinski definition) is 1. The molecule has 1 aromatic rings. The lowest BCUT2D eigenvalue weighted by molar-refractivity contribution is 0.509. The van der Waals surface area contributed by atoms with Gasteiger partial charge in [0.25, 0.3) is 0 Å². The normalized spacial score (nSPS) is 15.5. The van der Waals surface area contributed by atoms with Gasteiger partial charge in [-0.05, 0) is 31.2 Å². The van der Waals surface area contributed by atoms with Crippen molar-refractivity contribution < 1.29 is 12.8 Å². The van der Waals surface area contributed by atoms with E-state index in [1.807, 2.05) is 6.92 Å². The number of sulfone groups is 1. The number of nitrogens with one attached hydrogen (secondary N) is 1. The first-order valence-corrected chi connectivity index (χ1v) is 7.49. The standard InChI is InChI=1S/C12H18FNO2S/c1-4-14-12(9(2)17(3,15)16)10-6-5-7-11(13)8-10/h5-9,12,14H,4H2,1-3H3. The van der Waals surface area contributed by atoms with Crippen molar-refractivity contribution in [2.45, 2.75) is 25.1 Å². The van der Waals surface area contributed by atoms with Crippen LogP contribution in [0.1, 0.15) is 25.5 Å². The van der Waals surface area contributed by atoms with Crippen LogP contribution in [0, 0.1) is 5.82 Å². The average Bonchev–Trinajstić information content (AvgIpc) is 2.23. The van der Waals surface area contributed by atoms with Crippen molar-refractivity contribution >= 4 is 9.84 Å². The van der Waals surface area contributed by atoms with Crippen LogP contribution in [0.3, 0.4) is 0 Å². The topological polar surface area (TPSA) is 46.2 Å². The Morgan fingerprint density at radius 1 is 1.41 bits per heavy atom. The molecule has 2 unspecified atom stereocenters. The molecule has 5 heteroatoms. The Labute approximate surface area is 102 Å². The van der Waals surface area contributed by atoms with E-state index in [1.165, 1.54) is 18.4 Å². The summed E-state index contributed by atoms with van der Waals surface area (Å²) in [4.78, 5) is 0. The minimum absolute atomic E-state index is 0.355. The van der Waals surface area contributed by atoms with Crippen LogP contribution in [-0.2, 0) is 9.84 Å². The van der Waals surface area contributed by atoms with E-state index in [0.29, 0.717) is 12.1 Å². The molecule has 0 amide bonds. The summed E-state index contributed by atoms with van der Waals surface area (Å²) in [5.41, 5.74) is 0.657. The molecule has 1 aromatic carbocycles. The minimum atomic E-state index is -3.17. The summed E-state index contributed by atoms with van der Waals surface area (Å²) in [6.45, 7) is 4.15. The van der Waals surface area contributed by atoms with Gasteiger partial charge in [0.05, 0.1) is 5.25 Å². The van der Waals surface area contributed by atoms with Gasteiger partial charge in [0, 0.05) is 12.3 Å². The van der Waals surface area contributed by atoms with Crippen LogP contribution in [0.15, 0.2) is 24.3 Å². The van der Waals surface area contributed by atoms with Crippen LogP contribution in [0.5, 0.6) is 0 Å². The van der Waals surface area contributed by atoms with E-state index >= 15 is 0 Å². The number of hydrogen-bond acceptors (Lipinski definition) is 3. The molecule has 0 fully saturated rings. The predicted octanol–water partition coefficient (Wildman–Crippen LogP) is 1.91. The first-order valence-electron chi connectivity index (χ1n) is 5.54. The van der Waals surface area contributed by atoms with Crippen molar-refractivity contribution in [2.24, 2.45) is 0 Å². The molecule has 0 heterocycles. The van der Waals surface area contributed by atoms with Crippen molar-refractivity contribution in [3.05, 3.63) is 35.6 Å². The molecule has 2 atom stereocenters. The molecular formula is C12H18FNO2S. The molecule has 0 aliphatic heterocycles. The third-order valence-electron chi connectivity index (χ3n) is 2.78. The molecule has 0 saturated heterocycles. The van der Waals surface area contributed by atoms with E-state index in [0.717, 1.165) is 0 Å². The quantitative estimate of drug-likeness (QED) is 0.878. The van der Waals surface area contributed by atoms with Crippen LogP contribution in [-0.4, -0.2) is 26.5 Å². The van der Waals surface area contributed by atoms with Gasteiger partial charge in [0.1, 0.15) is 5.82 Å². The van der Waals surface area contributed by atoms with Gasteiger partial charge < -0.3 is 5.32 Å². The molecule has 0 bridgehead atoms.